The van der Waals surface area contributed by atoms with Crippen LogP contribution in [0.15, 0.2) is 18.2 Å². The smallest absolute Gasteiger partial charge is 0.254 e. The number of rotatable bonds is 3. The highest BCUT2D eigenvalue weighted by atomic mass is 127. The maximum Gasteiger partial charge on any atom is 0.254 e. The standard InChI is InChI=1S/C10H12ClIN2O/c1-14(5-4-13)10(15)8-6-7(11)2-3-9(8)12/h2-3,6H,4-5,13H2,1H3. The van der Waals surface area contributed by atoms with E-state index >= 15 is 0 Å². The molecule has 0 aromatic heterocycles. The molecule has 82 valence electrons. The van der Waals surface area contributed by atoms with E-state index < -0.39 is 0 Å². The maximum atomic E-state index is 11.9. The Kier molecular flexibility index (Phi) is 4.82. The van der Waals surface area contributed by atoms with Gasteiger partial charge >= 0.3 is 0 Å². The summed E-state index contributed by atoms with van der Waals surface area (Å²) in [7, 11) is 1.73. The van der Waals surface area contributed by atoms with E-state index in [1.807, 2.05) is 6.07 Å². The van der Waals surface area contributed by atoms with Crippen LogP contribution in [-0.4, -0.2) is 30.9 Å². The second kappa shape index (κ2) is 5.67. The van der Waals surface area contributed by atoms with Crippen LogP contribution < -0.4 is 5.73 Å². The highest BCUT2D eigenvalue weighted by Crippen LogP contribution is 2.19. The Hall–Kier alpha value is -0.330. The number of carbonyl (C=O) groups is 1. The quantitative estimate of drug-likeness (QED) is 0.857. The van der Waals surface area contributed by atoms with Crippen LogP contribution in [0.25, 0.3) is 0 Å². The van der Waals surface area contributed by atoms with Crippen LogP contribution in [0.2, 0.25) is 5.02 Å². The van der Waals surface area contributed by atoms with E-state index in [4.69, 9.17) is 17.3 Å². The molecule has 0 radical (unpaired) electrons. The summed E-state index contributed by atoms with van der Waals surface area (Å²) >= 11 is 7.96. The van der Waals surface area contributed by atoms with Crippen molar-refractivity contribution in [3.63, 3.8) is 0 Å². The third-order valence-electron chi connectivity index (χ3n) is 1.97. The maximum absolute atomic E-state index is 11.9. The number of hydrogen-bond donors (Lipinski definition) is 1. The molecule has 0 saturated carbocycles. The zero-order valence-electron chi connectivity index (χ0n) is 8.34. The normalized spacial score (nSPS) is 10.1. The van der Waals surface area contributed by atoms with E-state index in [1.54, 1.807) is 24.1 Å². The lowest BCUT2D eigenvalue weighted by Gasteiger charge is -2.16. The Morgan fingerprint density at radius 1 is 1.60 bits per heavy atom. The Bertz CT molecular complexity index is 370. The summed E-state index contributed by atoms with van der Waals surface area (Å²) in [6.45, 7) is 1.00. The summed E-state index contributed by atoms with van der Waals surface area (Å²) in [5, 5.41) is 0.569. The van der Waals surface area contributed by atoms with Crippen molar-refractivity contribution in [1.29, 1.82) is 0 Å². The number of carbonyl (C=O) groups excluding carboxylic acids is 1. The van der Waals surface area contributed by atoms with Crippen molar-refractivity contribution in [2.75, 3.05) is 20.1 Å². The zero-order chi connectivity index (χ0) is 11.4. The summed E-state index contributed by atoms with van der Waals surface area (Å²) in [4.78, 5) is 13.5. The molecule has 0 heterocycles. The predicted molar refractivity (Wildman–Crippen MR) is 70.2 cm³/mol. The molecule has 1 aromatic rings. The van der Waals surface area contributed by atoms with Crippen molar-refractivity contribution in [2.24, 2.45) is 5.73 Å². The monoisotopic (exact) mass is 338 g/mol. The second-order valence-electron chi connectivity index (χ2n) is 3.14. The summed E-state index contributed by atoms with van der Waals surface area (Å²) in [5.41, 5.74) is 6.02. The minimum absolute atomic E-state index is 0.0487. The lowest BCUT2D eigenvalue weighted by atomic mass is 10.2. The number of benzene rings is 1. The predicted octanol–water partition coefficient (Wildman–Crippen LogP) is 1.98. The molecule has 0 aliphatic carbocycles. The molecule has 0 saturated heterocycles. The molecule has 0 aliphatic heterocycles. The minimum Gasteiger partial charge on any atom is -0.340 e. The fraction of sp³-hybridized carbons (Fsp3) is 0.300. The highest BCUT2D eigenvalue weighted by Gasteiger charge is 2.14. The van der Waals surface area contributed by atoms with Crippen molar-refractivity contribution in [3.05, 3.63) is 32.4 Å². The number of hydrogen-bond acceptors (Lipinski definition) is 2. The molecule has 5 heteroatoms. The lowest BCUT2D eigenvalue weighted by Crippen LogP contribution is -2.32. The van der Waals surface area contributed by atoms with Crippen molar-refractivity contribution >= 4 is 40.1 Å². The van der Waals surface area contributed by atoms with Gasteiger partial charge in [0.05, 0.1) is 5.56 Å². The molecular formula is C10H12ClIN2O. The molecule has 0 aliphatic rings. The Balaban J connectivity index is 2.95. The van der Waals surface area contributed by atoms with Gasteiger partial charge in [0.1, 0.15) is 0 Å². The third kappa shape index (κ3) is 3.32. The van der Waals surface area contributed by atoms with E-state index in [0.717, 1.165) is 3.57 Å². The molecule has 2 N–H and O–H groups in total. The number of amides is 1. The molecule has 0 spiro atoms. The molecule has 0 unspecified atom stereocenters. The van der Waals surface area contributed by atoms with Crippen LogP contribution in [0.1, 0.15) is 10.4 Å². The summed E-state index contributed by atoms with van der Waals surface area (Å²) in [6, 6.07) is 5.27. The molecule has 0 bridgehead atoms. The molecule has 1 amide bonds. The van der Waals surface area contributed by atoms with Gasteiger partial charge < -0.3 is 10.6 Å². The van der Waals surface area contributed by atoms with Gasteiger partial charge in [-0.05, 0) is 40.8 Å². The first-order valence-corrected chi connectivity index (χ1v) is 5.92. The fourth-order valence-corrected chi connectivity index (χ4v) is 1.90. The molecule has 3 nitrogen and oxygen atoms in total. The summed E-state index contributed by atoms with van der Waals surface area (Å²) in [6.07, 6.45) is 0. The van der Waals surface area contributed by atoms with Gasteiger partial charge in [0.2, 0.25) is 0 Å². The molecule has 0 atom stereocenters. The Morgan fingerprint density at radius 3 is 2.87 bits per heavy atom. The van der Waals surface area contributed by atoms with Crippen LogP contribution in [0, 0.1) is 3.57 Å². The van der Waals surface area contributed by atoms with Crippen LogP contribution >= 0.6 is 34.2 Å². The van der Waals surface area contributed by atoms with Gasteiger partial charge in [-0.25, -0.2) is 0 Å². The van der Waals surface area contributed by atoms with E-state index in [0.29, 0.717) is 23.7 Å². The largest absolute Gasteiger partial charge is 0.340 e. The molecule has 15 heavy (non-hydrogen) atoms. The van der Waals surface area contributed by atoms with Crippen molar-refractivity contribution in [3.8, 4) is 0 Å². The van der Waals surface area contributed by atoms with Gasteiger partial charge in [0.15, 0.2) is 0 Å². The van der Waals surface area contributed by atoms with Crippen molar-refractivity contribution in [2.45, 2.75) is 0 Å². The van der Waals surface area contributed by atoms with Gasteiger partial charge in [-0.2, -0.15) is 0 Å². The van der Waals surface area contributed by atoms with Gasteiger partial charge in [-0.3, -0.25) is 4.79 Å². The number of halogens is 2. The second-order valence-corrected chi connectivity index (χ2v) is 4.74. The first-order valence-electron chi connectivity index (χ1n) is 4.47. The van der Waals surface area contributed by atoms with Crippen LogP contribution in [-0.2, 0) is 0 Å². The summed E-state index contributed by atoms with van der Waals surface area (Å²) in [5.74, 6) is -0.0487. The van der Waals surface area contributed by atoms with Gasteiger partial charge in [-0.1, -0.05) is 11.6 Å². The van der Waals surface area contributed by atoms with Gasteiger partial charge in [0.25, 0.3) is 5.91 Å². The topological polar surface area (TPSA) is 46.3 Å². The lowest BCUT2D eigenvalue weighted by molar-refractivity contribution is 0.0798. The van der Waals surface area contributed by atoms with E-state index in [9.17, 15) is 4.79 Å². The highest BCUT2D eigenvalue weighted by molar-refractivity contribution is 14.1. The first-order chi connectivity index (χ1) is 7.06. The Labute approximate surface area is 108 Å². The average Bonchev–Trinajstić information content (AvgIpc) is 2.21. The van der Waals surface area contributed by atoms with E-state index in [-0.39, 0.29) is 5.91 Å². The zero-order valence-corrected chi connectivity index (χ0v) is 11.2. The van der Waals surface area contributed by atoms with E-state index in [2.05, 4.69) is 22.6 Å². The minimum atomic E-state index is -0.0487. The van der Waals surface area contributed by atoms with Crippen LogP contribution in [0.5, 0.6) is 0 Å². The molecular weight excluding hydrogens is 326 g/mol. The van der Waals surface area contributed by atoms with Crippen LogP contribution in [0.4, 0.5) is 0 Å². The van der Waals surface area contributed by atoms with Gasteiger partial charge in [0, 0.05) is 28.7 Å². The summed E-state index contributed by atoms with van der Waals surface area (Å²) < 4.78 is 0.894. The Morgan fingerprint density at radius 2 is 2.27 bits per heavy atom. The van der Waals surface area contributed by atoms with Crippen molar-refractivity contribution < 1.29 is 4.79 Å². The van der Waals surface area contributed by atoms with E-state index in [1.165, 1.54) is 0 Å². The van der Waals surface area contributed by atoms with Crippen LogP contribution in [0.3, 0.4) is 0 Å². The number of nitrogens with two attached hydrogens (primary N) is 1. The van der Waals surface area contributed by atoms with Gasteiger partial charge in [-0.15, -0.1) is 0 Å². The third-order valence-corrected chi connectivity index (χ3v) is 3.15. The van der Waals surface area contributed by atoms with Crippen molar-refractivity contribution in [1.82, 2.24) is 4.90 Å². The molecule has 0 fully saturated rings. The SMILES string of the molecule is CN(CCN)C(=O)c1cc(Cl)ccc1I. The first kappa shape index (κ1) is 12.7. The number of nitrogens with zero attached hydrogens (tertiary/aromatic N) is 1. The molecule has 1 aromatic carbocycles. The molecule has 1 rings (SSSR count). The number of likely N-dealkylation sites (N-methyl/N-ethyl adjacent to an activating group) is 1. The average molecular weight is 339 g/mol. The fourth-order valence-electron chi connectivity index (χ4n) is 1.16.